The van der Waals surface area contributed by atoms with Gasteiger partial charge in [0.25, 0.3) is 5.97 Å². The van der Waals surface area contributed by atoms with Crippen molar-refractivity contribution < 1.29 is 29.1 Å². The van der Waals surface area contributed by atoms with Crippen LogP contribution in [0.25, 0.3) is 0 Å². The van der Waals surface area contributed by atoms with Crippen molar-refractivity contribution in [2.75, 3.05) is 26.2 Å². The zero-order valence-corrected chi connectivity index (χ0v) is 48.9. The van der Waals surface area contributed by atoms with Crippen LogP contribution in [0, 0.1) is 0 Å². The Kier molecular flexibility index (Phi) is 61.4. The molecular weight excluding hydrogens is 909 g/mol. The van der Waals surface area contributed by atoms with Gasteiger partial charge in [0.2, 0.25) is 23.6 Å². The fourth-order valence-electron chi connectivity index (χ4n) is 9.90. The molecule has 0 radical (unpaired) electrons. The van der Waals surface area contributed by atoms with Crippen LogP contribution in [0.3, 0.4) is 0 Å². The van der Waals surface area contributed by atoms with Crippen LogP contribution in [-0.4, -0.2) is 65.8 Å². The minimum absolute atomic E-state index is 0.0850. The van der Waals surface area contributed by atoms with Gasteiger partial charge in [-0.3, -0.25) is 24.0 Å². The predicted molar refractivity (Wildman–Crippen MR) is 312 cm³/mol. The number of nitrogens with two attached hydrogens (primary N) is 1. The summed E-state index contributed by atoms with van der Waals surface area (Å²) in [6, 6.07) is 0. The average molecular weight is 1030 g/mol. The zero-order chi connectivity index (χ0) is 53.8. The number of rotatable bonds is 58. The molecule has 0 saturated carbocycles. The molecule has 0 fully saturated rings. The molecule has 73 heavy (non-hydrogen) atoms. The number of carboxylic acid groups (broad SMARTS) is 1. The number of amides is 4. The highest BCUT2D eigenvalue weighted by molar-refractivity contribution is 5.78. The van der Waals surface area contributed by atoms with Gasteiger partial charge in [-0.1, -0.05) is 290 Å². The number of carbonyl (C=O) groups is 5. The van der Waals surface area contributed by atoms with Crippen LogP contribution < -0.4 is 16.4 Å². The third-order valence-electron chi connectivity index (χ3n) is 14.6. The number of primary amides is 1. The maximum absolute atomic E-state index is 13.4. The normalized spacial score (nSPS) is 11.1. The highest BCUT2D eigenvalue weighted by atomic mass is 16.4. The topological polar surface area (TPSA) is 159 Å². The second kappa shape index (κ2) is 61.9. The van der Waals surface area contributed by atoms with Crippen LogP contribution in [0.2, 0.25) is 0 Å². The first-order valence-electron chi connectivity index (χ1n) is 31.9. The maximum Gasteiger partial charge on any atom is 0.300 e. The van der Waals surface area contributed by atoms with Crippen molar-refractivity contribution >= 4 is 29.6 Å². The number of unbranched alkanes of at least 4 members (excludes halogenated alkanes) is 44. The Morgan fingerprint density at radius 2 is 0.521 bits per heavy atom. The van der Waals surface area contributed by atoms with Crippen LogP contribution in [0.5, 0.6) is 0 Å². The SMILES string of the molecule is CC(=O)O.CCCCCCCCCCCCCCCCCC(=O)NCCN(CCNC(=O)CCCCCCCCCCCCCCCCCCCC(N)=O)C(=O)CCCCCCCCCCCCCCCCC. The number of aliphatic carboxylic acids is 1. The summed E-state index contributed by atoms with van der Waals surface area (Å²) in [7, 11) is 0. The molecule has 0 saturated heterocycles. The molecule has 0 unspecified atom stereocenters. The lowest BCUT2D eigenvalue weighted by Crippen LogP contribution is -2.42. The van der Waals surface area contributed by atoms with E-state index in [4.69, 9.17) is 15.6 Å². The van der Waals surface area contributed by atoms with Crippen molar-refractivity contribution in [2.24, 2.45) is 5.73 Å². The first-order chi connectivity index (χ1) is 35.6. The summed E-state index contributed by atoms with van der Waals surface area (Å²) in [5, 5.41) is 13.6. The lowest BCUT2D eigenvalue weighted by Gasteiger charge is -2.23. The molecule has 0 atom stereocenters. The van der Waals surface area contributed by atoms with E-state index in [0.717, 1.165) is 58.3 Å². The maximum atomic E-state index is 13.4. The van der Waals surface area contributed by atoms with Crippen LogP contribution >= 0.6 is 0 Å². The van der Waals surface area contributed by atoms with Gasteiger partial charge in [0.05, 0.1) is 0 Å². The fourth-order valence-corrected chi connectivity index (χ4v) is 9.90. The van der Waals surface area contributed by atoms with Crippen molar-refractivity contribution in [1.29, 1.82) is 0 Å². The number of hydrogen-bond acceptors (Lipinski definition) is 5. The molecule has 0 aliphatic heterocycles. The van der Waals surface area contributed by atoms with Gasteiger partial charge in [-0.25, -0.2) is 0 Å². The van der Waals surface area contributed by atoms with E-state index in [9.17, 15) is 19.2 Å². The van der Waals surface area contributed by atoms with Gasteiger partial charge in [-0.15, -0.1) is 0 Å². The van der Waals surface area contributed by atoms with Crippen molar-refractivity contribution in [2.45, 2.75) is 348 Å². The fraction of sp³-hybridized carbons (Fsp3) is 0.921. The minimum atomic E-state index is -0.833. The van der Waals surface area contributed by atoms with Gasteiger partial charge in [0, 0.05) is 58.8 Å². The zero-order valence-electron chi connectivity index (χ0n) is 48.9. The Balaban J connectivity index is 0. The van der Waals surface area contributed by atoms with Gasteiger partial charge < -0.3 is 26.4 Å². The Hall–Kier alpha value is -2.65. The molecular formula is C63H124N4O6. The lowest BCUT2D eigenvalue weighted by molar-refractivity contribution is -0.134. The molecule has 0 aromatic carbocycles. The number of hydrogen-bond donors (Lipinski definition) is 4. The van der Waals surface area contributed by atoms with E-state index >= 15 is 0 Å². The third kappa shape index (κ3) is 65.4. The molecule has 0 aliphatic carbocycles. The van der Waals surface area contributed by atoms with E-state index in [0.29, 0.717) is 51.9 Å². The highest BCUT2D eigenvalue weighted by Gasteiger charge is 2.14. The van der Waals surface area contributed by atoms with E-state index in [1.807, 2.05) is 4.90 Å². The van der Waals surface area contributed by atoms with E-state index in [1.54, 1.807) is 0 Å². The standard InChI is InChI=1S/C61H120N4O4.C2H4O2/c1-3-5-7-9-11-13-15-17-22-27-31-35-39-43-47-51-59(67)63-54-56-65(61(69)53-49-45-41-37-33-29-23-18-16-14-12-10-8-6-4-2)57-55-64-60(68)52-48-44-40-36-32-28-25-21-19-20-24-26-30-34-38-42-46-50-58(62)66;1-2(3)4/h3-57H2,1-2H3,(H2,62,66)(H,63,67)(H,64,68);1H3,(H,3,4). The largest absolute Gasteiger partial charge is 0.481 e. The number of nitrogens with zero attached hydrogens (tertiary/aromatic N) is 1. The predicted octanol–water partition coefficient (Wildman–Crippen LogP) is 17.6. The molecule has 0 aliphatic rings. The van der Waals surface area contributed by atoms with E-state index in [-0.39, 0.29) is 23.6 Å². The summed E-state index contributed by atoms with van der Waals surface area (Å²) in [6.07, 6.45) is 62.6. The van der Waals surface area contributed by atoms with E-state index in [2.05, 4.69) is 24.5 Å². The van der Waals surface area contributed by atoms with Gasteiger partial charge in [-0.05, 0) is 25.7 Å². The van der Waals surface area contributed by atoms with Crippen LogP contribution in [0.4, 0.5) is 0 Å². The molecule has 10 heteroatoms. The first kappa shape index (κ1) is 72.4. The molecule has 10 nitrogen and oxygen atoms in total. The Morgan fingerprint density at radius 1 is 0.329 bits per heavy atom. The van der Waals surface area contributed by atoms with E-state index < -0.39 is 5.97 Å². The summed E-state index contributed by atoms with van der Waals surface area (Å²) < 4.78 is 0. The lowest BCUT2D eigenvalue weighted by atomic mass is 10.0. The number of carboxylic acids is 1. The Morgan fingerprint density at radius 3 is 0.740 bits per heavy atom. The Labute approximate surface area is 452 Å². The average Bonchev–Trinajstić information content (AvgIpc) is 3.36. The van der Waals surface area contributed by atoms with Crippen molar-refractivity contribution in [3.8, 4) is 0 Å². The molecule has 0 bridgehead atoms. The molecule has 0 rings (SSSR count). The quantitative estimate of drug-likeness (QED) is 0.0444. The summed E-state index contributed by atoms with van der Waals surface area (Å²) >= 11 is 0. The van der Waals surface area contributed by atoms with Gasteiger partial charge in [-0.2, -0.15) is 0 Å². The Bertz CT molecular complexity index is 1200. The van der Waals surface area contributed by atoms with Crippen LogP contribution in [0.15, 0.2) is 0 Å². The first-order valence-corrected chi connectivity index (χ1v) is 31.9. The van der Waals surface area contributed by atoms with Crippen LogP contribution in [0.1, 0.15) is 348 Å². The number of carbonyl (C=O) groups excluding carboxylic acids is 4. The summed E-state index contributed by atoms with van der Waals surface area (Å²) in [5.41, 5.74) is 5.21. The molecule has 0 aromatic rings. The van der Waals surface area contributed by atoms with E-state index in [1.165, 1.54) is 250 Å². The number of nitrogens with one attached hydrogen (secondary N) is 2. The van der Waals surface area contributed by atoms with Crippen molar-refractivity contribution in [3.63, 3.8) is 0 Å². The van der Waals surface area contributed by atoms with Gasteiger partial charge >= 0.3 is 0 Å². The monoisotopic (exact) mass is 1030 g/mol. The summed E-state index contributed by atoms with van der Waals surface area (Å²) in [5.74, 6) is -0.684. The molecule has 5 N–H and O–H groups in total. The second-order valence-electron chi connectivity index (χ2n) is 22.0. The summed E-state index contributed by atoms with van der Waals surface area (Å²) in [6.45, 7) is 7.59. The minimum Gasteiger partial charge on any atom is -0.481 e. The second-order valence-corrected chi connectivity index (χ2v) is 22.0. The van der Waals surface area contributed by atoms with Gasteiger partial charge in [0.1, 0.15) is 0 Å². The smallest absolute Gasteiger partial charge is 0.300 e. The van der Waals surface area contributed by atoms with Crippen LogP contribution in [-0.2, 0) is 24.0 Å². The van der Waals surface area contributed by atoms with Crippen molar-refractivity contribution in [1.82, 2.24) is 15.5 Å². The molecule has 0 aromatic heterocycles. The van der Waals surface area contributed by atoms with Gasteiger partial charge in [0.15, 0.2) is 0 Å². The molecule has 4 amide bonds. The molecule has 432 valence electrons. The highest BCUT2D eigenvalue weighted by Crippen LogP contribution is 2.18. The third-order valence-corrected chi connectivity index (χ3v) is 14.6. The molecule has 0 heterocycles. The molecule has 0 spiro atoms. The van der Waals surface area contributed by atoms with Crippen molar-refractivity contribution in [3.05, 3.63) is 0 Å². The summed E-state index contributed by atoms with van der Waals surface area (Å²) in [4.78, 5) is 60.5.